The third-order valence-electron chi connectivity index (χ3n) is 2.97. The molecule has 0 saturated heterocycles. The summed E-state index contributed by atoms with van der Waals surface area (Å²) < 4.78 is 5.62. The van der Waals surface area contributed by atoms with Gasteiger partial charge < -0.3 is 14.9 Å². The van der Waals surface area contributed by atoms with E-state index in [-0.39, 0.29) is 23.0 Å². The first kappa shape index (κ1) is 13.9. The summed E-state index contributed by atoms with van der Waals surface area (Å²) in [6.45, 7) is 3.92. The average molecular weight is 272 g/mol. The Bertz CT molecular complexity index is 632. The molecule has 4 nitrogen and oxygen atoms in total. The summed E-state index contributed by atoms with van der Waals surface area (Å²) in [7, 11) is 0. The summed E-state index contributed by atoms with van der Waals surface area (Å²) >= 11 is 0. The number of aromatic carboxylic acids is 1. The number of para-hydroxylation sites is 1. The normalized spacial score (nSPS) is 10.6. The highest BCUT2D eigenvalue weighted by Crippen LogP contribution is 2.32. The molecule has 0 aromatic heterocycles. The molecule has 0 amide bonds. The van der Waals surface area contributed by atoms with E-state index in [2.05, 4.69) is 0 Å². The number of carbonyl (C=O) groups is 1. The van der Waals surface area contributed by atoms with Crippen LogP contribution in [0.3, 0.4) is 0 Å². The van der Waals surface area contributed by atoms with E-state index in [9.17, 15) is 9.90 Å². The minimum Gasteiger partial charge on any atom is -0.508 e. The van der Waals surface area contributed by atoms with Crippen LogP contribution in [0.1, 0.15) is 35.7 Å². The predicted octanol–water partition coefficient (Wildman–Crippen LogP) is 4.01. The fourth-order valence-electron chi connectivity index (χ4n) is 1.92. The van der Waals surface area contributed by atoms with E-state index >= 15 is 0 Å². The summed E-state index contributed by atoms with van der Waals surface area (Å²) in [4.78, 5) is 11.1. The molecule has 104 valence electrons. The van der Waals surface area contributed by atoms with Crippen LogP contribution in [-0.2, 0) is 0 Å². The fourth-order valence-corrected chi connectivity index (χ4v) is 1.92. The SMILES string of the molecule is CC(C)c1cc(Oc2ccccc2C(=O)O)ccc1O. The van der Waals surface area contributed by atoms with Crippen LogP contribution in [0.2, 0.25) is 0 Å². The molecular formula is C16H16O4. The van der Waals surface area contributed by atoms with Crippen LogP contribution in [0.4, 0.5) is 0 Å². The Balaban J connectivity index is 2.36. The number of phenols is 1. The Morgan fingerprint density at radius 1 is 1.15 bits per heavy atom. The van der Waals surface area contributed by atoms with Crippen LogP contribution in [0.5, 0.6) is 17.2 Å². The van der Waals surface area contributed by atoms with Gasteiger partial charge in [0.15, 0.2) is 0 Å². The van der Waals surface area contributed by atoms with Gasteiger partial charge in [0.05, 0.1) is 0 Å². The quantitative estimate of drug-likeness (QED) is 0.882. The monoisotopic (exact) mass is 272 g/mol. The number of hydrogen-bond donors (Lipinski definition) is 2. The predicted molar refractivity (Wildman–Crippen MR) is 75.7 cm³/mol. The molecule has 0 saturated carbocycles. The molecule has 0 aliphatic rings. The number of benzene rings is 2. The van der Waals surface area contributed by atoms with Crippen LogP contribution < -0.4 is 4.74 Å². The molecule has 2 N–H and O–H groups in total. The van der Waals surface area contributed by atoms with Crippen molar-refractivity contribution in [2.45, 2.75) is 19.8 Å². The van der Waals surface area contributed by atoms with Gasteiger partial charge in [0.25, 0.3) is 0 Å². The van der Waals surface area contributed by atoms with Crippen molar-refractivity contribution in [3.63, 3.8) is 0 Å². The van der Waals surface area contributed by atoms with Crippen molar-refractivity contribution in [3.05, 3.63) is 53.6 Å². The number of aromatic hydroxyl groups is 1. The Kier molecular flexibility index (Phi) is 3.94. The second-order valence-corrected chi connectivity index (χ2v) is 4.78. The maximum Gasteiger partial charge on any atom is 0.339 e. The number of carboxylic acids is 1. The van der Waals surface area contributed by atoms with E-state index in [0.717, 1.165) is 5.56 Å². The van der Waals surface area contributed by atoms with Gasteiger partial charge in [-0.15, -0.1) is 0 Å². The Morgan fingerprint density at radius 2 is 1.85 bits per heavy atom. The first-order valence-corrected chi connectivity index (χ1v) is 6.32. The van der Waals surface area contributed by atoms with E-state index in [1.54, 1.807) is 36.4 Å². The molecule has 20 heavy (non-hydrogen) atoms. The molecule has 2 rings (SSSR count). The van der Waals surface area contributed by atoms with Crippen molar-refractivity contribution in [1.82, 2.24) is 0 Å². The molecule has 0 fully saturated rings. The van der Waals surface area contributed by atoms with Crippen molar-refractivity contribution in [2.75, 3.05) is 0 Å². The van der Waals surface area contributed by atoms with Gasteiger partial charge in [-0.1, -0.05) is 26.0 Å². The van der Waals surface area contributed by atoms with Gasteiger partial charge in [0.2, 0.25) is 0 Å². The van der Waals surface area contributed by atoms with E-state index in [1.165, 1.54) is 6.07 Å². The number of ether oxygens (including phenoxy) is 1. The summed E-state index contributed by atoms with van der Waals surface area (Å²) in [5.74, 6) is 0.0937. The maximum atomic E-state index is 11.1. The van der Waals surface area contributed by atoms with E-state index in [1.807, 2.05) is 13.8 Å². The van der Waals surface area contributed by atoms with Gasteiger partial charge in [-0.05, 0) is 36.2 Å². The molecule has 2 aromatic rings. The zero-order chi connectivity index (χ0) is 14.7. The standard InChI is InChI=1S/C16H16O4/c1-10(2)13-9-11(7-8-14(13)17)20-15-6-4-3-5-12(15)16(18)19/h3-10,17H,1-2H3,(H,18,19). The molecule has 2 aromatic carbocycles. The van der Waals surface area contributed by atoms with Gasteiger partial charge in [0, 0.05) is 5.56 Å². The third-order valence-corrected chi connectivity index (χ3v) is 2.97. The lowest BCUT2D eigenvalue weighted by Gasteiger charge is -2.12. The molecule has 0 spiro atoms. The summed E-state index contributed by atoms with van der Waals surface area (Å²) in [6, 6.07) is 11.3. The van der Waals surface area contributed by atoms with Crippen LogP contribution in [-0.4, -0.2) is 16.2 Å². The lowest BCUT2D eigenvalue weighted by molar-refractivity contribution is 0.0694. The van der Waals surface area contributed by atoms with E-state index < -0.39 is 5.97 Å². The van der Waals surface area contributed by atoms with Crippen LogP contribution >= 0.6 is 0 Å². The Morgan fingerprint density at radius 3 is 2.50 bits per heavy atom. The topological polar surface area (TPSA) is 66.8 Å². The zero-order valence-corrected chi connectivity index (χ0v) is 11.3. The number of rotatable bonds is 4. The maximum absolute atomic E-state index is 11.1. The summed E-state index contributed by atoms with van der Waals surface area (Å²) in [5.41, 5.74) is 0.863. The molecule has 0 aliphatic heterocycles. The first-order chi connectivity index (χ1) is 9.49. The molecule has 0 aliphatic carbocycles. The molecule has 0 heterocycles. The lowest BCUT2D eigenvalue weighted by atomic mass is 10.0. The number of hydrogen-bond acceptors (Lipinski definition) is 3. The Hall–Kier alpha value is -2.49. The van der Waals surface area contributed by atoms with Crippen LogP contribution in [0, 0.1) is 0 Å². The smallest absolute Gasteiger partial charge is 0.339 e. The minimum absolute atomic E-state index is 0.103. The summed E-state index contributed by atoms with van der Waals surface area (Å²) in [6.07, 6.45) is 0. The molecular weight excluding hydrogens is 256 g/mol. The van der Waals surface area contributed by atoms with E-state index in [0.29, 0.717) is 5.75 Å². The van der Waals surface area contributed by atoms with Gasteiger partial charge in [0.1, 0.15) is 22.8 Å². The highest BCUT2D eigenvalue weighted by Gasteiger charge is 2.12. The number of carboxylic acid groups (broad SMARTS) is 1. The number of phenolic OH excluding ortho intramolecular Hbond substituents is 1. The first-order valence-electron chi connectivity index (χ1n) is 6.32. The molecule has 0 bridgehead atoms. The van der Waals surface area contributed by atoms with Gasteiger partial charge in [-0.25, -0.2) is 4.79 Å². The van der Waals surface area contributed by atoms with Crippen molar-refractivity contribution in [2.24, 2.45) is 0 Å². The molecule has 0 unspecified atom stereocenters. The van der Waals surface area contributed by atoms with Crippen molar-refractivity contribution in [3.8, 4) is 17.2 Å². The van der Waals surface area contributed by atoms with Crippen LogP contribution in [0.25, 0.3) is 0 Å². The molecule has 0 radical (unpaired) electrons. The minimum atomic E-state index is -1.04. The second-order valence-electron chi connectivity index (χ2n) is 4.78. The average Bonchev–Trinajstić information content (AvgIpc) is 2.41. The molecule has 0 atom stereocenters. The van der Waals surface area contributed by atoms with E-state index in [4.69, 9.17) is 9.84 Å². The fraction of sp³-hybridized carbons (Fsp3) is 0.188. The van der Waals surface area contributed by atoms with Crippen molar-refractivity contribution >= 4 is 5.97 Å². The highest BCUT2D eigenvalue weighted by atomic mass is 16.5. The van der Waals surface area contributed by atoms with Crippen molar-refractivity contribution < 1.29 is 19.7 Å². The van der Waals surface area contributed by atoms with Gasteiger partial charge >= 0.3 is 5.97 Å². The van der Waals surface area contributed by atoms with Gasteiger partial charge in [-0.2, -0.15) is 0 Å². The van der Waals surface area contributed by atoms with Crippen molar-refractivity contribution in [1.29, 1.82) is 0 Å². The third kappa shape index (κ3) is 2.91. The lowest BCUT2D eigenvalue weighted by Crippen LogP contribution is -1.99. The second kappa shape index (κ2) is 5.65. The van der Waals surface area contributed by atoms with Gasteiger partial charge in [-0.3, -0.25) is 0 Å². The van der Waals surface area contributed by atoms with Crippen LogP contribution in [0.15, 0.2) is 42.5 Å². The Labute approximate surface area is 117 Å². The highest BCUT2D eigenvalue weighted by molar-refractivity contribution is 5.90. The largest absolute Gasteiger partial charge is 0.508 e. The zero-order valence-electron chi connectivity index (χ0n) is 11.3. The molecule has 4 heteroatoms. The summed E-state index contributed by atoms with van der Waals surface area (Å²) in [5, 5.41) is 18.9.